The van der Waals surface area contributed by atoms with Gasteiger partial charge < -0.3 is 14.4 Å². The molecule has 2 aliphatic heterocycles. The van der Waals surface area contributed by atoms with Gasteiger partial charge in [0.25, 0.3) is 5.91 Å². The molecule has 0 unspecified atom stereocenters. The normalized spacial score (nSPS) is 19.5. The molecule has 26 heavy (non-hydrogen) atoms. The van der Waals surface area contributed by atoms with Crippen molar-refractivity contribution in [2.24, 2.45) is 7.05 Å². The van der Waals surface area contributed by atoms with E-state index in [4.69, 9.17) is 0 Å². The fourth-order valence-electron chi connectivity index (χ4n) is 4.38. The van der Waals surface area contributed by atoms with E-state index in [2.05, 4.69) is 6.07 Å². The van der Waals surface area contributed by atoms with Gasteiger partial charge in [-0.15, -0.1) is 0 Å². The number of likely N-dealkylation sites (tertiary alicyclic amines) is 1. The standard InChI is InChI=1S/C21H25N3O2/c1-15(25)23-13-6-5-9-19(23)18-10-11-20(22(18)2)21(26)24-14-12-16-7-3-4-8-17(16)24/h3-4,7-8,10-11,19H,5-6,9,12-14H2,1-2H3/t19-/m0/s1. The zero-order valence-electron chi connectivity index (χ0n) is 15.4. The Balaban J connectivity index is 1.63. The Morgan fingerprint density at radius 2 is 1.85 bits per heavy atom. The van der Waals surface area contributed by atoms with Crippen molar-refractivity contribution in [1.82, 2.24) is 9.47 Å². The second-order valence-electron chi connectivity index (χ2n) is 7.26. The number of rotatable bonds is 2. The molecule has 0 bridgehead atoms. The minimum absolute atomic E-state index is 0.0360. The molecule has 3 heterocycles. The van der Waals surface area contributed by atoms with E-state index in [1.165, 1.54) is 5.56 Å². The van der Waals surface area contributed by atoms with Crippen molar-refractivity contribution in [3.63, 3.8) is 0 Å². The summed E-state index contributed by atoms with van der Waals surface area (Å²) in [6, 6.07) is 12.1. The minimum Gasteiger partial charge on any atom is -0.342 e. The topological polar surface area (TPSA) is 45.6 Å². The average molecular weight is 351 g/mol. The first kappa shape index (κ1) is 16.9. The second kappa shape index (κ2) is 6.63. The summed E-state index contributed by atoms with van der Waals surface area (Å²) in [5.41, 5.74) is 3.98. The molecule has 0 aliphatic carbocycles. The van der Waals surface area contributed by atoms with E-state index < -0.39 is 0 Å². The van der Waals surface area contributed by atoms with Gasteiger partial charge in [0.15, 0.2) is 0 Å². The van der Waals surface area contributed by atoms with Gasteiger partial charge >= 0.3 is 0 Å². The molecule has 2 amide bonds. The van der Waals surface area contributed by atoms with Crippen LogP contribution in [0.3, 0.4) is 0 Å². The molecule has 0 saturated carbocycles. The molecule has 1 saturated heterocycles. The Labute approximate surface area is 154 Å². The molecule has 0 spiro atoms. The molecule has 0 radical (unpaired) electrons. The third-order valence-electron chi connectivity index (χ3n) is 5.76. The molecular weight excluding hydrogens is 326 g/mol. The number of benzene rings is 1. The largest absolute Gasteiger partial charge is 0.342 e. The predicted octanol–water partition coefficient (Wildman–Crippen LogP) is 3.30. The summed E-state index contributed by atoms with van der Waals surface area (Å²) in [5, 5.41) is 0. The van der Waals surface area contributed by atoms with Gasteiger partial charge in [-0.05, 0) is 49.4 Å². The van der Waals surface area contributed by atoms with Crippen LogP contribution in [0.1, 0.15) is 54.0 Å². The summed E-state index contributed by atoms with van der Waals surface area (Å²) < 4.78 is 1.98. The summed E-state index contributed by atoms with van der Waals surface area (Å²) in [4.78, 5) is 29.0. The third-order valence-corrected chi connectivity index (χ3v) is 5.76. The molecule has 2 aliphatic rings. The summed E-state index contributed by atoms with van der Waals surface area (Å²) in [6.45, 7) is 3.16. The number of piperidine rings is 1. The van der Waals surface area contributed by atoms with E-state index in [1.807, 2.05) is 51.7 Å². The van der Waals surface area contributed by atoms with Crippen LogP contribution in [0, 0.1) is 0 Å². The Kier molecular flexibility index (Phi) is 4.31. The van der Waals surface area contributed by atoms with Gasteiger partial charge in [0, 0.05) is 38.4 Å². The lowest BCUT2D eigenvalue weighted by Gasteiger charge is -2.35. The maximum Gasteiger partial charge on any atom is 0.274 e. The van der Waals surface area contributed by atoms with Crippen LogP contribution in [0.5, 0.6) is 0 Å². The lowest BCUT2D eigenvalue weighted by atomic mass is 9.99. The highest BCUT2D eigenvalue weighted by molar-refractivity contribution is 6.06. The number of carbonyl (C=O) groups excluding carboxylic acids is 2. The number of hydrogen-bond donors (Lipinski definition) is 0. The Bertz CT molecular complexity index is 855. The van der Waals surface area contributed by atoms with Crippen LogP contribution in [-0.2, 0) is 18.3 Å². The van der Waals surface area contributed by atoms with Gasteiger partial charge in [0.1, 0.15) is 5.69 Å². The zero-order chi connectivity index (χ0) is 18.3. The van der Waals surface area contributed by atoms with Crippen LogP contribution in [0.4, 0.5) is 5.69 Å². The monoisotopic (exact) mass is 351 g/mol. The van der Waals surface area contributed by atoms with Gasteiger partial charge in [-0.1, -0.05) is 18.2 Å². The van der Waals surface area contributed by atoms with E-state index >= 15 is 0 Å². The van der Waals surface area contributed by atoms with Crippen molar-refractivity contribution in [3.05, 3.63) is 53.3 Å². The number of hydrogen-bond acceptors (Lipinski definition) is 2. The Morgan fingerprint density at radius 3 is 2.65 bits per heavy atom. The molecule has 1 fully saturated rings. The van der Waals surface area contributed by atoms with Gasteiger partial charge in [-0.2, -0.15) is 0 Å². The van der Waals surface area contributed by atoms with Crippen LogP contribution in [0.2, 0.25) is 0 Å². The highest BCUT2D eigenvalue weighted by atomic mass is 16.2. The minimum atomic E-state index is 0.0360. The molecule has 1 aromatic carbocycles. The maximum absolute atomic E-state index is 13.2. The van der Waals surface area contributed by atoms with E-state index in [1.54, 1.807) is 6.92 Å². The second-order valence-corrected chi connectivity index (χ2v) is 7.26. The number of carbonyl (C=O) groups is 2. The number of para-hydroxylation sites is 1. The Hall–Kier alpha value is -2.56. The van der Waals surface area contributed by atoms with Crippen LogP contribution in [0.25, 0.3) is 0 Å². The molecule has 5 heteroatoms. The quantitative estimate of drug-likeness (QED) is 0.833. The molecular formula is C21H25N3O2. The van der Waals surface area contributed by atoms with Crippen molar-refractivity contribution in [2.45, 2.75) is 38.6 Å². The summed E-state index contributed by atoms with van der Waals surface area (Å²) in [7, 11) is 1.94. The highest BCUT2D eigenvalue weighted by Crippen LogP contribution is 2.33. The van der Waals surface area contributed by atoms with Crippen molar-refractivity contribution in [1.29, 1.82) is 0 Å². The summed E-state index contributed by atoms with van der Waals surface area (Å²) in [6.07, 6.45) is 4.02. The van der Waals surface area contributed by atoms with E-state index in [0.717, 1.165) is 50.2 Å². The first-order chi connectivity index (χ1) is 12.6. The first-order valence-corrected chi connectivity index (χ1v) is 9.40. The summed E-state index contributed by atoms with van der Waals surface area (Å²) in [5.74, 6) is 0.145. The molecule has 1 aromatic heterocycles. The fraction of sp³-hybridized carbons (Fsp3) is 0.429. The van der Waals surface area contributed by atoms with Crippen molar-refractivity contribution >= 4 is 17.5 Å². The van der Waals surface area contributed by atoms with E-state index in [9.17, 15) is 9.59 Å². The lowest BCUT2D eigenvalue weighted by Crippen LogP contribution is -2.38. The zero-order valence-corrected chi connectivity index (χ0v) is 15.4. The van der Waals surface area contributed by atoms with Crippen molar-refractivity contribution in [3.8, 4) is 0 Å². The number of fused-ring (bicyclic) bond motifs is 1. The Morgan fingerprint density at radius 1 is 1.04 bits per heavy atom. The maximum atomic E-state index is 13.2. The predicted molar refractivity (Wildman–Crippen MR) is 101 cm³/mol. The van der Waals surface area contributed by atoms with Gasteiger partial charge in [-0.3, -0.25) is 9.59 Å². The van der Waals surface area contributed by atoms with Crippen LogP contribution in [0.15, 0.2) is 36.4 Å². The van der Waals surface area contributed by atoms with Crippen LogP contribution < -0.4 is 4.90 Å². The average Bonchev–Trinajstić information content (AvgIpc) is 3.25. The van der Waals surface area contributed by atoms with Gasteiger partial charge in [0.05, 0.1) is 6.04 Å². The number of anilines is 1. The van der Waals surface area contributed by atoms with E-state index in [0.29, 0.717) is 5.69 Å². The third kappa shape index (κ3) is 2.71. The molecule has 5 nitrogen and oxygen atoms in total. The molecule has 4 rings (SSSR count). The number of aromatic nitrogens is 1. The van der Waals surface area contributed by atoms with Crippen molar-refractivity contribution < 1.29 is 9.59 Å². The first-order valence-electron chi connectivity index (χ1n) is 9.40. The van der Waals surface area contributed by atoms with Crippen LogP contribution in [-0.4, -0.2) is 34.4 Å². The number of amides is 2. The smallest absolute Gasteiger partial charge is 0.274 e. The molecule has 2 aromatic rings. The van der Waals surface area contributed by atoms with E-state index in [-0.39, 0.29) is 17.9 Å². The van der Waals surface area contributed by atoms with Crippen LogP contribution >= 0.6 is 0 Å². The molecule has 1 atom stereocenters. The SMILES string of the molecule is CC(=O)N1CCCC[C@H]1c1ccc(C(=O)N2CCc3ccccc32)n1C. The fourth-order valence-corrected chi connectivity index (χ4v) is 4.38. The van der Waals surface area contributed by atoms with Gasteiger partial charge in [0.2, 0.25) is 5.91 Å². The molecule has 0 N–H and O–H groups in total. The van der Waals surface area contributed by atoms with Gasteiger partial charge in [-0.25, -0.2) is 0 Å². The van der Waals surface area contributed by atoms with Crippen molar-refractivity contribution in [2.75, 3.05) is 18.0 Å². The lowest BCUT2D eigenvalue weighted by molar-refractivity contribution is -0.132. The molecule has 136 valence electrons. The highest BCUT2D eigenvalue weighted by Gasteiger charge is 2.31. The number of nitrogens with zero attached hydrogens (tertiary/aromatic N) is 3. The summed E-state index contributed by atoms with van der Waals surface area (Å²) >= 11 is 0.